The summed E-state index contributed by atoms with van der Waals surface area (Å²) < 4.78 is 6.62. The standard InChI is InChI=1S/C31H22N2O4/c1-37-31(36)23-10-6-8-21(18-23)16-17-22-9-7-11-24(19-22)32-29(34)20-33-27-14-4-2-12-25(27)30(35)26-13-3-5-15-28(26)33/h2-15,18-19H,20H2,1H3,(H,32,34). The zero-order chi connectivity index (χ0) is 25.8. The third-order valence-corrected chi connectivity index (χ3v) is 5.96. The van der Waals surface area contributed by atoms with E-state index in [0.717, 1.165) is 0 Å². The van der Waals surface area contributed by atoms with E-state index in [1.54, 1.807) is 42.5 Å². The third kappa shape index (κ3) is 4.97. The molecular formula is C31H22N2O4. The van der Waals surface area contributed by atoms with Crippen molar-refractivity contribution in [2.75, 3.05) is 12.4 Å². The van der Waals surface area contributed by atoms with Gasteiger partial charge in [0.1, 0.15) is 6.54 Å². The van der Waals surface area contributed by atoms with Gasteiger partial charge in [-0.3, -0.25) is 9.59 Å². The monoisotopic (exact) mass is 486 g/mol. The van der Waals surface area contributed by atoms with Crippen LogP contribution < -0.4 is 10.7 Å². The summed E-state index contributed by atoms with van der Waals surface area (Å²) in [5.41, 5.74) is 3.78. The maximum absolute atomic E-state index is 13.1. The van der Waals surface area contributed by atoms with Crippen molar-refractivity contribution in [3.05, 3.63) is 124 Å². The number of hydrogen-bond acceptors (Lipinski definition) is 4. The van der Waals surface area contributed by atoms with E-state index >= 15 is 0 Å². The summed E-state index contributed by atoms with van der Waals surface area (Å²) in [4.78, 5) is 37.8. The minimum Gasteiger partial charge on any atom is -0.465 e. The van der Waals surface area contributed by atoms with Crippen LogP contribution in [0.25, 0.3) is 21.8 Å². The van der Waals surface area contributed by atoms with E-state index in [9.17, 15) is 14.4 Å². The number of methoxy groups -OCH3 is 1. The summed E-state index contributed by atoms with van der Waals surface area (Å²) in [6.07, 6.45) is 0. The Morgan fingerprint density at radius 2 is 1.38 bits per heavy atom. The van der Waals surface area contributed by atoms with E-state index in [1.165, 1.54) is 7.11 Å². The topological polar surface area (TPSA) is 77.4 Å². The van der Waals surface area contributed by atoms with Crippen LogP contribution in [0.15, 0.2) is 102 Å². The number of esters is 1. The number of carbonyl (C=O) groups excluding carboxylic acids is 2. The maximum Gasteiger partial charge on any atom is 0.337 e. The summed E-state index contributed by atoms with van der Waals surface area (Å²) in [5, 5.41) is 4.08. The summed E-state index contributed by atoms with van der Waals surface area (Å²) in [7, 11) is 1.34. The first-order valence-corrected chi connectivity index (χ1v) is 11.6. The molecule has 6 heteroatoms. The van der Waals surface area contributed by atoms with Crippen molar-refractivity contribution in [2.45, 2.75) is 6.54 Å². The second-order valence-corrected chi connectivity index (χ2v) is 8.40. The molecule has 180 valence electrons. The third-order valence-electron chi connectivity index (χ3n) is 5.96. The first kappa shape index (κ1) is 23.6. The number of aromatic nitrogens is 1. The Kier molecular flexibility index (Phi) is 6.52. The second kappa shape index (κ2) is 10.2. The van der Waals surface area contributed by atoms with Crippen molar-refractivity contribution < 1.29 is 14.3 Å². The summed E-state index contributed by atoms with van der Waals surface area (Å²) in [6.45, 7) is 0.0392. The molecule has 1 amide bonds. The Labute approximate surface area is 213 Å². The van der Waals surface area contributed by atoms with Crippen molar-refractivity contribution in [1.29, 1.82) is 0 Å². The lowest BCUT2D eigenvalue weighted by Gasteiger charge is -2.15. The molecule has 5 aromatic rings. The Morgan fingerprint density at radius 3 is 2.03 bits per heavy atom. The number of fused-ring (bicyclic) bond motifs is 2. The van der Waals surface area contributed by atoms with Crippen LogP contribution >= 0.6 is 0 Å². The highest BCUT2D eigenvalue weighted by Crippen LogP contribution is 2.19. The van der Waals surface area contributed by atoms with Gasteiger partial charge < -0.3 is 14.6 Å². The van der Waals surface area contributed by atoms with Gasteiger partial charge >= 0.3 is 5.97 Å². The van der Waals surface area contributed by atoms with Crippen LogP contribution in [0.5, 0.6) is 0 Å². The molecule has 0 atom stereocenters. The highest BCUT2D eigenvalue weighted by Gasteiger charge is 2.13. The Balaban J connectivity index is 1.40. The lowest BCUT2D eigenvalue weighted by molar-refractivity contribution is -0.116. The van der Waals surface area contributed by atoms with Crippen molar-refractivity contribution in [3.63, 3.8) is 0 Å². The molecule has 0 fully saturated rings. The van der Waals surface area contributed by atoms with Gasteiger partial charge in [-0.1, -0.05) is 48.2 Å². The molecule has 6 nitrogen and oxygen atoms in total. The van der Waals surface area contributed by atoms with Crippen LogP contribution in [0, 0.1) is 11.8 Å². The van der Waals surface area contributed by atoms with Gasteiger partial charge in [-0.15, -0.1) is 0 Å². The fourth-order valence-corrected chi connectivity index (χ4v) is 4.25. The number of amides is 1. The van der Waals surface area contributed by atoms with Crippen LogP contribution in [0.2, 0.25) is 0 Å². The van der Waals surface area contributed by atoms with Crippen LogP contribution in [0.4, 0.5) is 5.69 Å². The van der Waals surface area contributed by atoms with Gasteiger partial charge in [0.05, 0.1) is 23.7 Å². The molecule has 1 heterocycles. The first-order valence-electron chi connectivity index (χ1n) is 11.6. The number of ether oxygens (including phenoxy) is 1. The van der Waals surface area contributed by atoms with Gasteiger partial charge in [-0.05, 0) is 60.7 Å². The van der Waals surface area contributed by atoms with Gasteiger partial charge in [0.25, 0.3) is 0 Å². The molecule has 0 radical (unpaired) electrons. The van der Waals surface area contributed by atoms with E-state index in [0.29, 0.717) is 44.2 Å². The molecule has 1 N–H and O–H groups in total. The zero-order valence-electron chi connectivity index (χ0n) is 20.0. The highest BCUT2D eigenvalue weighted by molar-refractivity contribution is 5.97. The molecule has 0 aliphatic heterocycles. The van der Waals surface area contributed by atoms with Crippen LogP contribution in [0.3, 0.4) is 0 Å². The Hall–Kier alpha value is -5.15. The highest BCUT2D eigenvalue weighted by atomic mass is 16.5. The summed E-state index contributed by atoms with van der Waals surface area (Å²) in [5.74, 6) is 5.46. The number of anilines is 1. The van der Waals surface area contributed by atoms with Gasteiger partial charge in [-0.2, -0.15) is 0 Å². The average molecular weight is 487 g/mol. The number of carbonyl (C=O) groups is 2. The molecule has 0 unspecified atom stereocenters. The smallest absolute Gasteiger partial charge is 0.337 e. The number of hydrogen-bond donors (Lipinski definition) is 1. The lowest BCUT2D eigenvalue weighted by atomic mass is 10.1. The number of para-hydroxylation sites is 2. The molecule has 0 spiro atoms. The van der Waals surface area contributed by atoms with Gasteiger partial charge in [0.15, 0.2) is 5.43 Å². The van der Waals surface area contributed by atoms with E-state index < -0.39 is 5.97 Å². The normalized spacial score (nSPS) is 10.5. The van der Waals surface area contributed by atoms with Crippen LogP contribution in [-0.2, 0) is 16.1 Å². The van der Waals surface area contributed by atoms with Crippen molar-refractivity contribution in [2.24, 2.45) is 0 Å². The van der Waals surface area contributed by atoms with Crippen molar-refractivity contribution in [3.8, 4) is 11.8 Å². The number of nitrogens with one attached hydrogen (secondary N) is 1. The van der Waals surface area contributed by atoms with E-state index in [1.807, 2.05) is 59.2 Å². The quantitative estimate of drug-likeness (QED) is 0.221. The lowest BCUT2D eigenvalue weighted by Crippen LogP contribution is -2.21. The van der Waals surface area contributed by atoms with Crippen LogP contribution in [-0.4, -0.2) is 23.6 Å². The molecule has 0 aliphatic rings. The Morgan fingerprint density at radius 1 is 0.784 bits per heavy atom. The fraction of sp³-hybridized carbons (Fsp3) is 0.0645. The number of benzene rings is 4. The number of nitrogens with zero attached hydrogens (tertiary/aromatic N) is 1. The number of rotatable bonds is 4. The summed E-state index contributed by atoms with van der Waals surface area (Å²) in [6, 6.07) is 28.7. The van der Waals surface area contributed by atoms with E-state index in [4.69, 9.17) is 4.74 Å². The number of pyridine rings is 1. The molecular weight excluding hydrogens is 464 g/mol. The molecule has 5 rings (SSSR count). The minimum absolute atomic E-state index is 0.0392. The average Bonchev–Trinajstić information content (AvgIpc) is 2.94. The Bertz CT molecular complexity index is 1730. The van der Waals surface area contributed by atoms with Gasteiger partial charge in [-0.25, -0.2) is 4.79 Å². The van der Waals surface area contributed by atoms with Crippen LogP contribution in [0.1, 0.15) is 21.5 Å². The molecule has 4 aromatic carbocycles. The second-order valence-electron chi connectivity index (χ2n) is 8.40. The van der Waals surface area contributed by atoms with E-state index in [2.05, 4.69) is 17.2 Å². The van der Waals surface area contributed by atoms with Gasteiger partial charge in [0, 0.05) is 27.6 Å². The SMILES string of the molecule is COC(=O)c1cccc(C#Cc2cccc(NC(=O)Cn3c4ccccc4c(=O)c4ccccc43)c2)c1. The van der Waals surface area contributed by atoms with Crippen molar-refractivity contribution >= 4 is 39.4 Å². The van der Waals surface area contributed by atoms with Gasteiger partial charge in [0.2, 0.25) is 5.91 Å². The van der Waals surface area contributed by atoms with E-state index in [-0.39, 0.29) is 17.9 Å². The first-order chi connectivity index (χ1) is 18.0. The minimum atomic E-state index is -0.420. The predicted octanol–water partition coefficient (Wildman–Crippen LogP) is 4.98. The summed E-state index contributed by atoms with van der Waals surface area (Å²) >= 11 is 0. The largest absolute Gasteiger partial charge is 0.465 e. The molecule has 0 bridgehead atoms. The molecule has 0 aliphatic carbocycles. The van der Waals surface area contributed by atoms with Crippen molar-refractivity contribution in [1.82, 2.24) is 4.57 Å². The molecule has 37 heavy (non-hydrogen) atoms. The maximum atomic E-state index is 13.1. The fourth-order valence-electron chi connectivity index (χ4n) is 4.25. The zero-order valence-corrected chi connectivity index (χ0v) is 20.0. The predicted molar refractivity (Wildman–Crippen MR) is 145 cm³/mol. The molecule has 0 saturated carbocycles. The molecule has 1 aromatic heterocycles. The molecule has 0 saturated heterocycles.